The molecule has 22 heavy (non-hydrogen) atoms. The summed E-state index contributed by atoms with van der Waals surface area (Å²) >= 11 is 9.00. The third-order valence-corrected chi connectivity index (χ3v) is 4.66. The fraction of sp³-hybridized carbons (Fsp3) is 0.0667. The van der Waals surface area contributed by atoms with Crippen LogP contribution in [0.3, 0.4) is 0 Å². The molecule has 0 saturated heterocycles. The Bertz CT molecular complexity index is 753. The van der Waals surface area contributed by atoms with Crippen LogP contribution in [0, 0.1) is 0 Å². The first-order chi connectivity index (χ1) is 10.7. The fourth-order valence-electron chi connectivity index (χ4n) is 1.83. The van der Waals surface area contributed by atoms with Gasteiger partial charge in [0, 0.05) is 22.5 Å². The molecule has 2 N–H and O–H groups in total. The molecule has 0 spiro atoms. The molecular weight excluding hydrogens is 338 g/mol. The van der Waals surface area contributed by atoms with E-state index in [1.807, 2.05) is 10.8 Å². The van der Waals surface area contributed by atoms with Gasteiger partial charge in [0.1, 0.15) is 5.82 Å². The highest BCUT2D eigenvalue weighted by molar-refractivity contribution is 7.10. The Balaban J connectivity index is 1.57. The summed E-state index contributed by atoms with van der Waals surface area (Å²) in [5.41, 5.74) is 1.91. The van der Waals surface area contributed by atoms with Gasteiger partial charge in [-0.2, -0.15) is 11.3 Å². The van der Waals surface area contributed by atoms with Gasteiger partial charge in [-0.15, -0.1) is 11.3 Å². The van der Waals surface area contributed by atoms with Crippen LogP contribution in [0.1, 0.15) is 10.6 Å². The Hall–Kier alpha value is -1.89. The molecule has 1 aromatic carbocycles. The van der Waals surface area contributed by atoms with Gasteiger partial charge in [0.25, 0.3) is 0 Å². The molecule has 0 fully saturated rings. The molecule has 0 aliphatic carbocycles. The minimum absolute atomic E-state index is 0.324. The summed E-state index contributed by atoms with van der Waals surface area (Å²) in [6.45, 7) is 0. The van der Waals surface area contributed by atoms with E-state index in [0.717, 1.165) is 11.4 Å². The number of halogens is 1. The van der Waals surface area contributed by atoms with Crippen molar-refractivity contribution >= 4 is 51.8 Å². The lowest BCUT2D eigenvalue weighted by atomic mass is 10.2. The van der Waals surface area contributed by atoms with E-state index >= 15 is 0 Å². The van der Waals surface area contributed by atoms with Crippen molar-refractivity contribution < 1.29 is 4.79 Å². The second kappa shape index (κ2) is 6.91. The first-order valence-electron chi connectivity index (χ1n) is 6.48. The normalized spacial score (nSPS) is 10.4. The first-order valence-corrected chi connectivity index (χ1v) is 8.68. The second-order valence-electron chi connectivity index (χ2n) is 4.52. The number of hydrogen-bond acceptors (Lipinski definition) is 4. The minimum Gasteiger partial charge on any atom is -0.308 e. The van der Waals surface area contributed by atoms with Crippen molar-refractivity contribution in [2.45, 2.75) is 6.42 Å². The zero-order chi connectivity index (χ0) is 15.4. The lowest BCUT2D eigenvalue weighted by molar-refractivity contribution is 0.262. The summed E-state index contributed by atoms with van der Waals surface area (Å²) in [4.78, 5) is 16.3. The number of nitrogens with zero attached hydrogens (tertiary/aromatic N) is 1. The molecule has 0 bridgehead atoms. The van der Waals surface area contributed by atoms with Crippen molar-refractivity contribution in [3.05, 3.63) is 62.1 Å². The number of carbonyl (C=O) groups is 1. The topological polar surface area (TPSA) is 54.0 Å². The number of benzene rings is 1. The monoisotopic (exact) mass is 349 g/mol. The lowest BCUT2D eigenvalue weighted by Gasteiger charge is -2.05. The number of aromatic nitrogens is 1. The number of carbonyl (C=O) groups excluding carboxylic acids is 1. The van der Waals surface area contributed by atoms with Crippen LogP contribution < -0.4 is 10.6 Å². The Morgan fingerprint density at radius 3 is 2.68 bits per heavy atom. The van der Waals surface area contributed by atoms with Crippen LogP contribution >= 0.6 is 34.3 Å². The number of anilines is 2. The predicted octanol–water partition coefficient (Wildman–Crippen LogP) is 5.09. The number of amides is 2. The van der Waals surface area contributed by atoms with E-state index in [4.69, 9.17) is 11.6 Å². The average Bonchev–Trinajstić information content (AvgIpc) is 3.14. The maximum Gasteiger partial charge on any atom is 0.324 e. The van der Waals surface area contributed by atoms with Crippen LogP contribution in [0.2, 0.25) is 5.02 Å². The Kier molecular flexibility index (Phi) is 4.72. The van der Waals surface area contributed by atoms with Crippen molar-refractivity contribution in [2.75, 3.05) is 10.6 Å². The third kappa shape index (κ3) is 4.07. The van der Waals surface area contributed by atoms with Gasteiger partial charge in [-0.1, -0.05) is 11.6 Å². The van der Waals surface area contributed by atoms with E-state index in [0.29, 0.717) is 16.5 Å². The summed E-state index contributed by atoms with van der Waals surface area (Å²) in [6, 6.07) is 8.68. The van der Waals surface area contributed by atoms with E-state index in [9.17, 15) is 4.79 Å². The molecule has 3 aromatic rings. The van der Waals surface area contributed by atoms with E-state index < -0.39 is 0 Å². The van der Waals surface area contributed by atoms with E-state index in [2.05, 4.69) is 27.1 Å². The van der Waals surface area contributed by atoms with Crippen LogP contribution in [0.4, 0.5) is 16.3 Å². The number of nitrogens with one attached hydrogen (secondary N) is 2. The summed E-state index contributed by atoms with van der Waals surface area (Å²) in [5.74, 6) is 0.557. The zero-order valence-corrected chi connectivity index (χ0v) is 13.8. The predicted molar refractivity (Wildman–Crippen MR) is 93.3 cm³/mol. The van der Waals surface area contributed by atoms with Crippen molar-refractivity contribution in [3.63, 3.8) is 0 Å². The second-order valence-corrected chi connectivity index (χ2v) is 6.68. The van der Waals surface area contributed by atoms with Gasteiger partial charge in [-0.05, 0) is 46.7 Å². The molecule has 112 valence electrons. The van der Waals surface area contributed by atoms with Crippen LogP contribution in [-0.4, -0.2) is 11.0 Å². The van der Waals surface area contributed by atoms with Gasteiger partial charge in [-0.3, -0.25) is 5.32 Å². The molecule has 7 heteroatoms. The highest BCUT2D eigenvalue weighted by atomic mass is 35.5. The van der Waals surface area contributed by atoms with Gasteiger partial charge in [0.05, 0.1) is 5.01 Å². The van der Waals surface area contributed by atoms with Gasteiger partial charge >= 0.3 is 6.03 Å². The highest BCUT2D eigenvalue weighted by Gasteiger charge is 2.07. The fourth-order valence-corrected chi connectivity index (χ4v) is 3.38. The molecule has 0 unspecified atom stereocenters. The highest BCUT2D eigenvalue weighted by Crippen LogP contribution is 2.19. The molecular formula is C15H12ClN3OS2. The van der Waals surface area contributed by atoms with Crippen molar-refractivity contribution in [1.29, 1.82) is 0 Å². The van der Waals surface area contributed by atoms with Gasteiger partial charge in [-0.25, -0.2) is 9.78 Å². The molecule has 0 atom stereocenters. The van der Waals surface area contributed by atoms with E-state index in [1.54, 1.807) is 35.6 Å². The number of urea groups is 1. The summed E-state index contributed by atoms with van der Waals surface area (Å²) in [7, 11) is 0. The molecule has 0 saturated carbocycles. The molecule has 2 heterocycles. The summed E-state index contributed by atoms with van der Waals surface area (Å²) < 4.78 is 0. The van der Waals surface area contributed by atoms with Gasteiger partial charge in [0.2, 0.25) is 0 Å². The summed E-state index contributed by atoms with van der Waals surface area (Å²) in [5, 5.41) is 13.0. The molecule has 0 aliphatic rings. The molecule has 0 radical (unpaired) electrons. The Labute approximate surface area is 140 Å². The Morgan fingerprint density at radius 2 is 1.95 bits per heavy atom. The van der Waals surface area contributed by atoms with Crippen LogP contribution in [0.5, 0.6) is 0 Å². The molecule has 4 nitrogen and oxygen atoms in total. The average molecular weight is 350 g/mol. The molecule has 2 amide bonds. The number of rotatable bonds is 4. The molecule has 3 rings (SSSR count). The van der Waals surface area contributed by atoms with E-state index in [1.165, 1.54) is 16.9 Å². The van der Waals surface area contributed by atoms with Gasteiger partial charge < -0.3 is 5.32 Å². The minimum atomic E-state index is -0.324. The Morgan fingerprint density at radius 1 is 1.14 bits per heavy atom. The van der Waals surface area contributed by atoms with Gasteiger partial charge in [0.15, 0.2) is 0 Å². The largest absolute Gasteiger partial charge is 0.324 e. The molecule has 0 aliphatic heterocycles. The molecule has 2 aromatic heterocycles. The smallest absolute Gasteiger partial charge is 0.308 e. The first kappa shape index (κ1) is 15.0. The quantitative estimate of drug-likeness (QED) is 0.689. The van der Waals surface area contributed by atoms with Crippen molar-refractivity contribution in [1.82, 2.24) is 4.98 Å². The van der Waals surface area contributed by atoms with Crippen molar-refractivity contribution in [2.24, 2.45) is 0 Å². The van der Waals surface area contributed by atoms with E-state index in [-0.39, 0.29) is 6.03 Å². The number of thiazole rings is 1. The summed E-state index contributed by atoms with van der Waals surface area (Å²) in [6.07, 6.45) is 0.786. The van der Waals surface area contributed by atoms with Crippen molar-refractivity contribution in [3.8, 4) is 0 Å². The lowest BCUT2D eigenvalue weighted by Crippen LogP contribution is -2.19. The SMILES string of the molecule is O=C(Nc1ccc(Cl)cc1)Nc1csc(Cc2ccsc2)n1. The van der Waals surface area contributed by atoms with Crippen LogP contribution in [0.15, 0.2) is 46.5 Å². The maximum absolute atomic E-state index is 11.9. The third-order valence-electron chi connectivity index (χ3n) is 2.83. The standard InChI is InChI=1S/C15H12ClN3OS2/c16-11-1-3-12(4-2-11)17-15(20)19-13-9-22-14(18-13)7-10-5-6-21-8-10/h1-6,8-9H,7H2,(H2,17,19,20). The maximum atomic E-state index is 11.9. The van der Waals surface area contributed by atoms with Crippen LogP contribution in [-0.2, 0) is 6.42 Å². The zero-order valence-electron chi connectivity index (χ0n) is 11.4. The number of thiophene rings is 1. The van der Waals surface area contributed by atoms with Crippen LogP contribution in [0.25, 0.3) is 0 Å². The number of hydrogen-bond donors (Lipinski definition) is 2.